The summed E-state index contributed by atoms with van der Waals surface area (Å²) in [6.45, 7) is 5.87. The molecule has 1 aliphatic carbocycles. The van der Waals surface area contributed by atoms with E-state index in [0.717, 1.165) is 26.4 Å². The van der Waals surface area contributed by atoms with Crippen LogP contribution in [-0.4, -0.2) is 57.5 Å². The number of methoxy groups -OCH3 is 1. The van der Waals surface area contributed by atoms with E-state index in [9.17, 15) is 0 Å². The Bertz CT molecular complexity index is 197. The molecule has 0 aromatic heterocycles. The molecule has 4 heteroatoms. The standard InChI is InChI=1S/C12H26N2O2/c1-4-16-8-7-14(2)12(9-13,10-15-3)11-5-6-11/h11H,4-10,13H2,1-3H3. The number of nitrogens with zero attached hydrogens (tertiary/aromatic N) is 1. The van der Waals surface area contributed by atoms with Gasteiger partial charge in [0.1, 0.15) is 0 Å². The molecule has 0 spiro atoms. The Kier molecular flexibility index (Phi) is 5.69. The lowest BCUT2D eigenvalue weighted by molar-refractivity contribution is -0.000681. The summed E-state index contributed by atoms with van der Waals surface area (Å²) in [5, 5.41) is 0. The van der Waals surface area contributed by atoms with Gasteiger partial charge in [-0.25, -0.2) is 0 Å². The molecule has 0 radical (unpaired) electrons. The van der Waals surface area contributed by atoms with E-state index in [4.69, 9.17) is 15.2 Å². The molecule has 1 unspecified atom stereocenters. The van der Waals surface area contributed by atoms with Gasteiger partial charge in [-0.15, -0.1) is 0 Å². The van der Waals surface area contributed by atoms with Crippen LogP contribution in [-0.2, 0) is 9.47 Å². The topological polar surface area (TPSA) is 47.7 Å². The Morgan fingerprint density at radius 1 is 1.44 bits per heavy atom. The van der Waals surface area contributed by atoms with E-state index in [1.807, 2.05) is 6.92 Å². The maximum atomic E-state index is 5.98. The number of hydrogen-bond acceptors (Lipinski definition) is 4. The smallest absolute Gasteiger partial charge is 0.0661 e. The normalized spacial score (nSPS) is 20.1. The molecular formula is C12H26N2O2. The molecule has 0 aromatic rings. The molecule has 1 atom stereocenters. The largest absolute Gasteiger partial charge is 0.383 e. The van der Waals surface area contributed by atoms with Crippen LogP contribution in [0.4, 0.5) is 0 Å². The minimum absolute atomic E-state index is 0.0197. The maximum absolute atomic E-state index is 5.98. The van der Waals surface area contributed by atoms with Gasteiger partial charge < -0.3 is 15.2 Å². The van der Waals surface area contributed by atoms with E-state index >= 15 is 0 Å². The summed E-state index contributed by atoms with van der Waals surface area (Å²) in [4.78, 5) is 2.32. The van der Waals surface area contributed by atoms with Gasteiger partial charge in [0, 0.05) is 26.8 Å². The SMILES string of the molecule is CCOCCN(C)C(CN)(COC)C1CC1. The van der Waals surface area contributed by atoms with Gasteiger partial charge in [-0.1, -0.05) is 0 Å². The van der Waals surface area contributed by atoms with Gasteiger partial charge in [-0.05, 0) is 32.7 Å². The number of likely N-dealkylation sites (N-methyl/N-ethyl adjacent to an activating group) is 1. The molecule has 2 N–H and O–H groups in total. The van der Waals surface area contributed by atoms with Crippen molar-refractivity contribution < 1.29 is 9.47 Å². The first kappa shape index (κ1) is 13.9. The number of nitrogens with two attached hydrogens (primary N) is 1. The van der Waals surface area contributed by atoms with Crippen molar-refractivity contribution in [3.63, 3.8) is 0 Å². The van der Waals surface area contributed by atoms with E-state index < -0.39 is 0 Å². The fraction of sp³-hybridized carbons (Fsp3) is 1.00. The van der Waals surface area contributed by atoms with Crippen LogP contribution in [0.1, 0.15) is 19.8 Å². The van der Waals surface area contributed by atoms with Crippen molar-refractivity contribution in [3.05, 3.63) is 0 Å². The second-order valence-electron chi connectivity index (χ2n) is 4.63. The summed E-state index contributed by atoms with van der Waals surface area (Å²) in [6.07, 6.45) is 2.55. The number of hydrogen-bond donors (Lipinski definition) is 1. The van der Waals surface area contributed by atoms with Crippen molar-refractivity contribution in [3.8, 4) is 0 Å². The highest BCUT2D eigenvalue weighted by Crippen LogP contribution is 2.42. The third kappa shape index (κ3) is 3.17. The minimum atomic E-state index is 0.0197. The van der Waals surface area contributed by atoms with Crippen LogP contribution in [0.15, 0.2) is 0 Å². The summed E-state index contributed by atoms with van der Waals surface area (Å²) < 4.78 is 10.8. The van der Waals surface area contributed by atoms with Gasteiger partial charge in [-0.2, -0.15) is 0 Å². The van der Waals surface area contributed by atoms with Crippen molar-refractivity contribution in [2.45, 2.75) is 25.3 Å². The summed E-state index contributed by atoms with van der Waals surface area (Å²) in [5.74, 6) is 0.698. The van der Waals surface area contributed by atoms with Gasteiger partial charge in [0.2, 0.25) is 0 Å². The highest BCUT2D eigenvalue weighted by molar-refractivity contribution is 5.02. The zero-order chi connectivity index (χ0) is 12.0. The van der Waals surface area contributed by atoms with Gasteiger partial charge >= 0.3 is 0 Å². The zero-order valence-electron chi connectivity index (χ0n) is 10.9. The first-order chi connectivity index (χ1) is 7.71. The zero-order valence-corrected chi connectivity index (χ0v) is 10.9. The Morgan fingerprint density at radius 2 is 2.12 bits per heavy atom. The van der Waals surface area contributed by atoms with Gasteiger partial charge in [0.25, 0.3) is 0 Å². The van der Waals surface area contributed by atoms with Crippen LogP contribution < -0.4 is 5.73 Å². The highest BCUT2D eigenvalue weighted by Gasteiger charge is 2.46. The van der Waals surface area contributed by atoms with Gasteiger partial charge in [-0.3, -0.25) is 4.90 Å². The molecular weight excluding hydrogens is 204 g/mol. The van der Waals surface area contributed by atoms with Crippen molar-refractivity contribution in [1.82, 2.24) is 4.90 Å². The van der Waals surface area contributed by atoms with Crippen LogP contribution in [0.25, 0.3) is 0 Å². The monoisotopic (exact) mass is 230 g/mol. The average molecular weight is 230 g/mol. The van der Waals surface area contributed by atoms with Crippen LogP contribution in [0.2, 0.25) is 0 Å². The predicted molar refractivity (Wildman–Crippen MR) is 65.5 cm³/mol. The molecule has 1 aliphatic rings. The second-order valence-corrected chi connectivity index (χ2v) is 4.63. The predicted octanol–water partition coefficient (Wildman–Crippen LogP) is 0.709. The molecule has 0 saturated heterocycles. The fourth-order valence-electron chi connectivity index (χ4n) is 2.36. The van der Waals surface area contributed by atoms with Crippen molar-refractivity contribution in [2.24, 2.45) is 11.7 Å². The molecule has 0 bridgehead atoms. The summed E-state index contributed by atoms with van der Waals surface area (Å²) in [6, 6.07) is 0. The van der Waals surface area contributed by atoms with Crippen LogP contribution in [0.5, 0.6) is 0 Å². The van der Waals surface area contributed by atoms with E-state index in [1.165, 1.54) is 12.8 Å². The molecule has 0 aliphatic heterocycles. The lowest BCUT2D eigenvalue weighted by atomic mass is 9.92. The van der Waals surface area contributed by atoms with Crippen molar-refractivity contribution >= 4 is 0 Å². The molecule has 4 nitrogen and oxygen atoms in total. The molecule has 0 amide bonds. The van der Waals surface area contributed by atoms with Crippen molar-refractivity contribution in [1.29, 1.82) is 0 Å². The first-order valence-electron chi connectivity index (χ1n) is 6.19. The Balaban J connectivity index is 2.52. The maximum Gasteiger partial charge on any atom is 0.0661 e. The van der Waals surface area contributed by atoms with E-state index in [-0.39, 0.29) is 5.54 Å². The lowest BCUT2D eigenvalue weighted by Crippen LogP contribution is -2.57. The third-order valence-corrected chi connectivity index (χ3v) is 3.62. The van der Waals surface area contributed by atoms with Gasteiger partial charge in [0.05, 0.1) is 18.8 Å². The third-order valence-electron chi connectivity index (χ3n) is 3.62. The summed E-state index contributed by atoms with van der Waals surface area (Å²) in [7, 11) is 3.88. The van der Waals surface area contributed by atoms with Gasteiger partial charge in [0.15, 0.2) is 0 Å². The molecule has 1 saturated carbocycles. The highest BCUT2D eigenvalue weighted by atomic mass is 16.5. The molecule has 0 heterocycles. The summed E-state index contributed by atoms with van der Waals surface area (Å²) >= 11 is 0. The molecule has 16 heavy (non-hydrogen) atoms. The molecule has 0 aromatic carbocycles. The second kappa shape index (κ2) is 6.55. The summed E-state index contributed by atoms with van der Waals surface area (Å²) in [5.41, 5.74) is 6.00. The Morgan fingerprint density at radius 3 is 2.56 bits per heavy atom. The Hall–Kier alpha value is -0.160. The minimum Gasteiger partial charge on any atom is -0.383 e. The van der Waals surface area contributed by atoms with E-state index in [2.05, 4.69) is 11.9 Å². The van der Waals surface area contributed by atoms with Crippen LogP contribution >= 0.6 is 0 Å². The number of ether oxygens (including phenoxy) is 2. The molecule has 96 valence electrons. The molecule has 1 fully saturated rings. The lowest BCUT2D eigenvalue weighted by Gasteiger charge is -2.41. The van der Waals surface area contributed by atoms with Crippen LogP contribution in [0, 0.1) is 5.92 Å². The Labute approximate surface area is 99.1 Å². The van der Waals surface area contributed by atoms with E-state index in [0.29, 0.717) is 12.5 Å². The van der Waals surface area contributed by atoms with E-state index in [1.54, 1.807) is 7.11 Å². The fourth-order valence-corrected chi connectivity index (χ4v) is 2.36. The number of rotatable bonds is 9. The van der Waals surface area contributed by atoms with Crippen molar-refractivity contribution in [2.75, 3.05) is 47.1 Å². The first-order valence-corrected chi connectivity index (χ1v) is 6.19. The molecule has 1 rings (SSSR count). The van der Waals surface area contributed by atoms with Crippen LogP contribution in [0.3, 0.4) is 0 Å². The quantitative estimate of drug-likeness (QED) is 0.593. The average Bonchev–Trinajstić information content (AvgIpc) is 3.10.